The van der Waals surface area contributed by atoms with Crippen LogP contribution in [0, 0.1) is 0 Å². The van der Waals surface area contributed by atoms with Crippen molar-refractivity contribution in [3.05, 3.63) is 23.8 Å². The van der Waals surface area contributed by atoms with Crippen molar-refractivity contribution in [3.63, 3.8) is 0 Å². The number of carbonyl (C=O) groups excluding carboxylic acids is 3. The molecule has 1 saturated carbocycles. The Morgan fingerprint density at radius 1 is 0.872 bits per heavy atom. The fourth-order valence-corrected chi connectivity index (χ4v) is 4.10. The largest absolute Gasteiger partial charge is 0.514 e. The van der Waals surface area contributed by atoms with E-state index in [1.54, 1.807) is 27.7 Å². The monoisotopic (exact) mass is 553 g/mol. The molecule has 0 aliphatic heterocycles. The van der Waals surface area contributed by atoms with E-state index in [-0.39, 0.29) is 30.4 Å². The molecule has 218 valence electrons. The lowest BCUT2D eigenvalue weighted by atomic mass is 9.86. The average molecular weight is 554 g/mol. The summed E-state index contributed by atoms with van der Waals surface area (Å²) in [4.78, 5) is 48.5. The van der Waals surface area contributed by atoms with Gasteiger partial charge in [0.1, 0.15) is 17.7 Å². The van der Waals surface area contributed by atoms with E-state index in [1.165, 1.54) is 25.1 Å². The normalized spacial score (nSPS) is 16.1. The van der Waals surface area contributed by atoms with Crippen molar-refractivity contribution in [1.82, 2.24) is 0 Å². The first kappa shape index (κ1) is 31.7. The molecule has 0 amide bonds. The van der Waals surface area contributed by atoms with Gasteiger partial charge in [-0.1, -0.05) is 12.5 Å². The van der Waals surface area contributed by atoms with Gasteiger partial charge in [-0.3, -0.25) is 4.79 Å². The fourth-order valence-electron chi connectivity index (χ4n) is 4.10. The SMILES string of the molecule is CC(C)OC(=O)Oc1ccc(CC(N)(C[C@H](C)OC(=O)OC2CCCCC2)C(=O)O)cc1OC(=O)OC(C)C. The van der Waals surface area contributed by atoms with Crippen molar-refractivity contribution in [3.8, 4) is 11.5 Å². The van der Waals surface area contributed by atoms with Crippen LogP contribution in [-0.4, -0.2) is 59.5 Å². The summed E-state index contributed by atoms with van der Waals surface area (Å²) in [6.45, 7) is 8.04. The molecule has 2 atom stereocenters. The lowest BCUT2D eigenvalue weighted by Crippen LogP contribution is -2.52. The van der Waals surface area contributed by atoms with Crippen LogP contribution in [-0.2, 0) is 30.2 Å². The zero-order valence-electron chi connectivity index (χ0n) is 23.1. The standard InChI is InChI=1S/C27H39NO11/c1-16(2)34-24(31)38-21-12-11-19(13-22(21)39-25(32)35-17(3)4)15-27(28,23(29)30)14-18(5)36-26(33)37-20-9-7-6-8-10-20/h11-13,16-18,20H,6-10,14-15,28H2,1-5H3,(H,29,30)/t18-,27?/m0/s1. The molecular weight excluding hydrogens is 514 g/mol. The number of hydrogen-bond donors (Lipinski definition) is 2. The first-order valence-corrected chi connectivity index (χ1v) is 13.1. The summed E-state index contributed by atoms with van der Waals surface area (Å²) in [7, 11) is 0. The molecule has 1 fully saturated rings. The number of hydrogen-bond acceptors (Lipinski definition) is 11. The summed E-state index contributed by atoms with van der Waals surface area (Å²) in [5.74, 6) is -1.68. The van der Waals surface area contributed by atoms with Gasteiger partial charge in [-0.15, -0.1) is 0 Å². The predicted octanol–water partition coefficient (Wildman–Crippen LogP) is 5.12. The van der Waals surface area contributed by atoms with Gasteiger partial charge >= 0.3 is 24.4 Å². The molecule has 0 radical (unpaired) electrons. The van der Waals surface area contributed by atoms with Gasteiger partial charge in [-0.2, -0.15) is 0 Å². The molecule has 0 aromatic heterocycles. The van der Waals surface area contributed by atoms with Gasteiger partial charge in [0.15, 0.2) is 11.5 Å². The van der Waals surface area contributed by atoms with Gasteiger partial charge in [-0.05, 0) is 78.0 Å². The van der Waals surface area contributed by atoms with Crippen LogP contribution < -0.4 is 15.2 Å². The molecule has 12 nitrogen and oxygen atoms in total. The lowest BCUT2D eigenvalue weighted by Gasteiger charge is -2.28. The molecule has 2 rings (SSSR count). The van der Waals surface area contributed by atoms with Crippen LogP contribution in [0.4, 0.5) is 14.4 Å². The topological polar surface area (TPSA) is 170 Å². The zero-order chi connectivity index (χ0) is 29.2. The molecule has 0 saturated heterocycles. The lowest BCUT2D eigenvalue weighted by molar-refractivity contribution is -0.144. The minimum Gasteiger partial charge on any atom is -0.480 e. The second-order valence-corrected chi connectivity index (χ2v) is 10.2. The molecule has 3 N–H and O–H groups in total. The predicted molar refractivity (Wildman–Crippen MR) is 138 cm³/mol. The maximum Gasteiger partial charge on any atom is 0.514 e. The van der Waals surface area contributed by atoms with E-state index in [4.69, 9.17) is 34.2 Å². The number of carbonyl (C=O) groups is 4. The Bertz CT molecular complexity index is 1000. The summed E-state index contributed by atoms with van der Waals surface area (Å²) >= 11 is 0. The number of ether oxygens (including phenoxy) is 6. The molecule has 1 aromatic rings. The van der Waals surface area contributed by atoms with E-state index in [9.17, 15) is 24.3 Å². The van der Waals surface area contributed by atoms with E-state index in [1.807, 2.05) is 0 Å². The number of carboxylic acid groups (broad SMARTS) is 1. The van der Waals surface area contributed by atoms with Gasteiger partial charge in [0.25, 0.3) is 0 Å². The maximum absolute atomic E-state index is 12.2. The van der Waals surface area contributed by atoms with Crippen LogP contribution in [0.2, 0.25) is 0 Å². The summed E-state index contributed by atoms with van der Waals surface area (Å²) < 4.78 is 30.9. The van der Waals surface area contributed by atoms with E-state index < -0.39 is 48.3 Å². The quantitative estimate of drug-likeness (QED) is 0.211. The Morgan fingerprint density at radius 2 is 1.44 bits per heavy atom. The van der Waals surface area contributed by atoms with Crippen molar-refractivity contribution in [2.75, 3.05) is 0 Å². The molecule has 1 aliphatic rings. The molecule has 39 heavy (non-hydrogen) atoms. The summed E-state index contributed by atoms with van der Waals surface area (Å²) in [5.41, 5.74) is 4.73. The van der Waals surface area contributed by atoms with Crippen LogP contribution in [0.1, 0.15) is 78.7 Å². The zero-order valence-corrected chi connectivity index (χ0v) is 23.1. The first-order valence-electron chi connectivity index (χ1n) is 13.1. The molecule has 0 heterocycles. The highest BCUT2D eigenvalue weighted by atomic mass is 16.8. The third-order valence-electron chi connectivity index (χ3n) is 5.77. The highest BCUT2D eigenvalue weighted by molar-refractivity contribution is 5.79. The number of rotatable bonds is 11. The van der Waals surface area contributed by atoms with Crippen molar-refractivity contribution < 1.29 is 52.7 Å². The van der Waals surface area contributed by atoms with Crippen LogP contribution in [0.25, 0.3) is 0 Å². The van der Waals surface area contributed by atoms with Gasteiger partial charge in [0.2, 0.25) is 0 Å². The van der Waals surface area contributed by atoms with E-state index in [0.29, 0.717) is 5.56 Å². The Kier molecular flexibility index (Phi) is 11.8. The maximum atomic E-state index is 12.2. The van der Waals surface area contributed by atoms with Crippen LogP contribution in [0.5, 0.6) is 11.5 Å². The molecule has 1 aromatic carbocycles. The number of carboxylic acids is 1. The average Bonchev–Trinajstić information content (AvgIpc) is 2.80. The van der Waals surface area contributed by atoms with Crippen molar-refractivity contribution >= 4 is 24.4 Å². The van der Waals surface area contributed by atoms with Crippen molar-refractivity contribution in [1.29, 1.82) is 0 Å². The second kappa shape index (κ2) is 14.6. The fraction of sp³-hybridized carbons (Fsp3) is 0.630. The molecule has 0 bridgehead atoms. The summed E-state index contributed by atoms with van der Waals surface area (Å²) in [6, 6.07) is 4.09. The highest BCUT2D eigenvalue weighted by Crippen LogP contribution is 2.32. The van der Waals surface area contributed by atoms with Crippen LogP contribution in [0.15, 0.2) is 18.2 Å². The summed E-state index contributed by atoms with van der Waals surface area (Å²) in [5, 5.41) is 9.92. The Balaban J connectivity index is 2.17. The molecule has 12 heteroatoms. The summed E-state index contributed by atoms with van der Waals surface area (Å²) in [6.07, 6.45) is -0.840. The minimum absolute atomic E-state index is 0.148. The Hall–Kier alpha value is -3.54. The smallest absolute Gasteiger partial charge is 0.480 e. The minimum atomic E-state index is -1.86. The second-order valence-electron chi connectivity index (χ2n) is 10.2. The van der Waals surface area contributed by atoms with Gasteiger partial charge in [-0.25, -0.2) is 14.4 Å². The molecule has 0 spiro atoms. The van der Waals surface area contributed by atoms with E-state index in [2.05, 4.69) is 0 Å². The van der Waals surface area contributed by atoms with E-state index >= 15 is 0 Å². The Morgan fingerprint density at radius 3 is 1.97 bits per heavy atom. The highest BCUT2D eigenvalue weighted by Gasteiger charge is 2.37. The third-order valence-corrected chi connectivity index (χ3v) is 5.77. The van der Waals surface area contributed by atoms with Crippen molar-refractivity contribution in [2.45, 2.75) is 110 Å². The molecular formula is C27H39NO11. The Labute approximate surface area is 228 Å². The van der Waals surface area contributed by atoms with Gasteiger partial charge < -0.3 is 39.3 Å². The van der Waals surface area contributed by atoms with Crippen molar-refractivity contribution in [2.24, 2.45) is 5.73 Å². The molecule has 1 unspecified atom stereocenters. The van der Waals surface area contributed by atoms with Crippen LogP contribution >= 0.6 is 0 Å². The van der Waals surface area contributed by atoms with Gasteiger partial charge in [0, 0.05) is 12.8 Å². The molecule has 1 aliphatic carbocycles. The van der Waals surface area contributed by atoms with E-state index in [0.717, 1.165) is 32.1 Å². The number of nitrogens with two attached hydrogens (primary N) is 1. The number of benzene rings is 1. The van der Waals surface area contributed by atoms with Gasteiger partial charge in [0.05, 0.1) is 12.2 Å². The first-order chi connectivity index (χ1) is 18.3. The van der Waals surface area contributed by atoms with Crippen LogP contribution in [0.3, 0.4) is 0 Å². The third kappa shape index (κ3) is 11.0. The number of aliphatic carboxylic acids is 1.